The number of rotatable bonds is 4. The zero-order valence-electron chi connectivity index (χ0n) is 6.73. The second-order valence-corrected chi connectivity index (χ2v) is 12.6. The van der Waals surface area contributed by atoms with Crippen molar-refractivity contribution in [2.24, 2.45) is 0 Å². The zero-order valence-corrected chi connectivity index (χ0v) is 10.2. The van der Waals surface area contributed by atoms with Crippen molar-refractivity contribution in [1.29, 1.82) is 0 Å². The maximum atomic E-state index is 5.99. The first-order valence-corrected chi connectivity index (χ1v) is 10.2. The van der Waals surface area contributed by atoms with E-state index in [1.165, 1.54) is 0 Å². The molecule has 64 valence electrons. The van der Waals surface area contributed by atoms with E-state index in [1.807, 2.05) is 13.1 Å². The van der Waals surface area contributed by atoms with Gasteiger partial charge in [0.1, 0.15) is 0 Å². The molecule has 0 fully saturated rings. The van der Waals surface area contributed by atoms with E-state index in [9.17, 15) is 0 Å². The summed E-state index contributed by atoms with van der Waals surface area (Å²) in [6, 6.07) is 0. The highest BCUT2D eigenvalue weighted by Crippen LogP contribution is 2.22. The van der Waals surface area contributed by atoms with Crippen molar-refractivity contribution >= 4 is 37.4 Å². The summed E-state index contributed by atoms with van der Waals surface area (Å²) in [6.45, 7) is 10.8. The molecule has 11 heavy (non-hydrogen) atoms. The van der Waals surface area contributed by atoms with Crippen molar-refractivity contribution in [3.63, 3.8) is 0 Å². The summed E-state index contributed by atoms with van der Waals surface area (Å²) in [5, 5.41) is 0. The fraction of sp³-hybridized carbons (Fsp3) is 0.333. The molecule has 0 radical (unpaired) electrons. The third kappa shape index (κ3) is 4.82. The van der Waals surface area contributed by atoms with Crippen LogP contribution in [0.25, 0.3) is 0 Å². The minimum atomic E-state index is -2.24. The van der Waals surface area contributed by atoms with Crippen LogP contribution in [0.5, 0.6) is 0 Å². The fourth-order valence-electron chi connectivity index (χ4n) is 0.474. The van der Waals surface area contributed by atoms with Crippen LogP contribution in [-0.4, -0.2) is 15.3 Å². The Kier molecular flexibility index (Phi) is 4.07. The predicted molar refractivity (Wildman–Crippen MR) is 56.4 cm³/mol. The van der Waals surface area contributed by atoms with Crippen LogP contribution in [-0.2, 0) is 4.12 Å². The van der Waals surface area contributed by atoms with Crippen LogP contribution >= 0.6 is 22.2 Å². The third-order valence-electron chi connectivity index (χ3n) is 1.13. The van der Waals surface area contributed by atoms with Gasteiger partial charge in [-0.2, -0.15) is 0 Å². The van der Waals surface area contributed by atoms with Crippen LogP contribution in [0.1, 0.15) is 0 Å². The van der Waals surface area contributed by atoms with Gasteiger partial charge >= 0.3 is 15.3 Å². The Hall–Kier alpha value is 0.454. The molecule has 0 saturated carbocycles. The summed E-state index contributed by atoms with van der Waals surface area (Å²) in [4.78, 5) is 0. The van der Waals surface area contributed by atoms with E-state index in [-0.39, 0.29) is 0 Å². The first-order chi connectivity index (χ1) is 4.83. The van der Waals surface area contributed by atoms with E-state index in [0.717, 1.165) is 0 Å². The zero-order chi connectivity index (χ0) is 9.12. The molecule has 0 N–H and O–H groups in total. The molecule has 0 bridgehead atoms. The lowest BCUT2D eigenvalue weighted by molar-refractivity contribution is 0.601. The van der Waals surface area contributed by atoms with Gasteiger partial charge < -0.3 is 4.12 Å². The van der Waals surface area contributed by atoms with Gasteiger partial charge in [0, 0.05) is 0 Å². The summed E-state index contributed by atoms with van der Waals surface area (Å²) in [7, 11) is -4.48. The van der Waals surface area contributed by atoms with Gasteiger partial charge in [0.25, 0.3) is 0 Å². The van der Waals surface area contributed by atoms with Crippen molar-refractivity contribution in [2.75, 3.05) is 0 Å². The monoisotopic (exact) mass is 226 g/mol. The van der Waals surface area contributed by atoms with Crippen LogP contribution in [0.4, 0.5) is 0 Å². The first kappa shape index (κ1) is 11.5. The lowest BCUT2D eigenvalue weighted by Crippen LogP contribution is -2.38. The average molecular weight is 227 g/mol. The summed E-state index contributed by atoms with van der Waals surface area (Å²) < 4.78 is 5.50. The normalized spacial score (nSPS) is 21.5. The molecule has 2 atom stereocenters. The molecule has 0 heterocycles. The van der Waals surface area contributed by atoms with Gasteiger partial charge in [-0.25, -0.2) is 0 Å². The number of halogens is 2. The fourth-order valence-corrected chi connectivity index (χ4v) is 7.50. The Morgan fingerprint density at radius 3 is 1.55 bits per heavy atom. The molecule has 0 saturated heterocycles. The maximum absolute atomic E-state index is 5.99. The molecular weight excluding hydrogens is 215 g/mol. The van der Waals surface area contributed by atoms with Crippen LogP contribution in [0, 0.1) is 0 Å². The van der Waals surface area contributed by atoms with Crippen molar-refractivity contribution in [3.8, 4) is 0 Å². The molecule has 1 nitrogen and oxygen atoms in total. The molecule has 0 aromatic heterocycles. The molecule has 5 heteroatoms. The van der Waals surface area contributed by atoms with Crippen LogP contribution in [0.2, 0.25) is 13.1 Å². The summed E-state index contributed by atoms with van der Waals surface area (Å²) in [5.74, 6) is 0. The van der Waals surface area contributed by atoms with Crippen molar-refractivity contribution in [3.05, 3.63) is 24.6 Å². The van der Waals surface area contributed by atoms with Gasteiger partial charge in [-0.1, -0.05) is 11.4 Å². The van der Waals surface area contributed by atoms with Gasteiger partial charge in [0.2, 0.25) is 0 Å². The lowest BCUT2D eigenvalue weighted by Gasteiger charge is -2.24. The van der Waals surface area contributed by atoms with Crippen molar-refractivity contribution in [2.45, 2.75) is 13.1 Å². The Balaban J connectivity index is 4.23. The Morgan fingerprint density at radius 1 is 1.09 bits per heavy atom. The number of hydrogen-bond acceptors (Lipinski definition) is 1. The SMILES string of the molecule is C=C[Si](C)(Cl)O[Si](C)(Cl)C=C. The molecular formula is C6H12Cl2OSi2. The molecule has 0 aromatic rings. The minimum Gasteiger partial charge on any atom is -0.427 e. The minimum absolute atomic E-state index is 1.64. The van der Waals surface area contributed by atoms with E-state index >= 15 is 0 Å². The lowest BCUT2D eigenvalue weighted by atomic mass is 11.3. The summed E-state index contributed by atoms with van der Waals surface area (Å²) in [5.41, 5.74) is 3.29. The molecule has 0 aliphatic heterocycles. The molecule has 2 unspecified atom stereocenters. The molecule has 0 rings (SSSR count). The standard InChI is InChI=1S/C6H12Cl2OSi2/c1-5-10(3,7)9-11(4,8)6-2/h5-6H,1-2H2,3-4H3. The molecule has 0 aromatic carbocycles. The van der Waals surface area contributed by atoms with E-state index in [0.29, 0.717) is 0 Å². The van der Waals surface area contributed by atoms with Crippen LogP contribution in [0.3, 0.4) is 0 Å². The van der Waals surface area contributed by atoms with Crippen molar-refractivity contribution < 1.29 is 4.12 Å². The van der Waals surface area contributed by atoms with Crippen LogP contribution < -0.4 is 0 Å². The van der Waals surface area contributed by atoms with E-state index in [2.05, 4.69) is 13.2 Å². The summed E-state index contributed by atoms with van der Waals surface area (Å²) in [6.07, 6.45) is 0. The quantitative estimate of drug-likeness (QED) is 0.529. The third-order valence-corrected chi connectivity index (χ3v) is 8.09. The van der Waals surface area contributed by atoms with Gasteiger partial charge in [-0.15, -0.1) is 35.3 Å². The molecule has 0 aliphatic carbocycles. The smallest absolute Gasteiger partial charge is 0.302 e. The highest BCUT2D eigenvalue weighted by Gasteiger charge is 2.33. The van der Waals surface area contributed by atoms with Crippen LogP contribution in [0.15, 0.2) is 24.6 Å². The highest BCUT2D eigenvalue weighted by atomic mass is 35.6. The molecule has 0 amide bonds. The van der Waals surface area contributed by atoms with Crippen molar-refractivity contribution in [1.82, 2.24) is 0 Å². The van der Waals surface area contributed by atoms with Gasteiger partial charge in [-0.05, 0) is 13.1 Å². The summed E-state index contributed by atoms with van der Waals surface area (Å²) >= 11 is 12.0. The van der Waals surface area contributed by atoms with E-state index < -0.39 is 15.3 Å². The topological polar surface area (TPSA) is 9.23 Å². The van der Waals surface area contributed by atoms with Gasteiger partial charge in [0.05, 0.1) is 0 Å². The van der Waals surface area contributed by atoms with E-state index in [1.54, 1.807) is 11.4 Å². The largest absolute Gasteiger partial charge is 0.427 e. The van der Waals surface area contributed by atoms with Gasteiger partial charge in [0.15, 0.2) is 0 Å². The predicted octanol–water partition coefficient (Wildman–Crippen LogP) is 3.08. The second-order valence-electron chi connectivity index (χ2n) is 2.48. The Morgan fingerprint density at radius 2 is 1.36 bits per heavy atom. The van der Waals surface area contributed by atoms with E-state index in [4.69, 9.17) is 26.3 Å². The maximum Gasteiger partial charge on any atom is 0.302 e. The Labute approximate surface area is 79.3 Å². The second kappa shape index (κ2) is 3.91. The first-order valence-electron chi connectivity index (χ1n) is 3.18. The number of hydrogen-bond donors (Lipinski definition) is 0. The Bertz CT molecular complexity index is 150. The highest BCUT2D eigenvalue weighted by molar-refractivity contribution is 7.28. The van der Waals surface area contributed by atoms with Gasteiger partial charge in [-0.3, -0.25) is 0 Å². The average Bonchev–Trinajstić information content (AvgIpc) is 1.86. The molecule has 0 aliphatic rings. The molecule has 0 spiro atoms.